The molecule has 0 bridgehead atoms. The van der Waals surface area contributed by atoms with Crippen LogP contribution in [0.1, 0.15) is 71.6 Å². The Morgan fingerprint density at radius 2 is 1.62 bits per heavy atom. The molecule has 2 N–H and O–H groups in total. The molecule has 0 aliphatic heterocycles. The van der Waals surface area contributed by atoms with Gasteiger partial charge in [0.1, 0.15) is 17.7 Å². The number of nitrogens with one attached hydrogen (secondary N) is 2. The lowest BCUT2D eigenvalue weighted by Crippen LogP contribution is -2.55. The third-order valence-electron chi connectivity index (χ3n) is 7.17. The lowest BCUT2D eigenvalue weighted by molar-refractivity contribution is -0.143. The Hall–Kier alpha value is -3.52. The largest absolute Gasteiger partial charge is 0.444 e. The molecule has 3 amide bonds. The van der Waals surface area contributed by atoms with E-state index in [1.54, 1.807) is 37.4 Å². The first kappa shape index (κ1) is 33.0. The van der Waals surface area contributed by atoms with E-state index in [4.69, 9.17) is 4.74 Å². The number of amides is 3. The Labute approximate surface area is 254 Å². The van der Waals surface area contributed by atoms with Crippen molar-refractivity contribution in [3.8, 4) is 0 Å². The van der Waals surface area contributed by atoms with Crippen LogP contribution in [0.3, 0.4) is 0 Å². The summed E-state index contributed by atoms with van der Waals surface area (Å²) in [5, 5.41) is 7.96. The van der Waals surface area contributed by atoms with E-state index in [0.29, 0.717) is 29.8 Å². The van der Waals surface area contributed by atoms with Gasteiger partial charge in [0.15, 0.2) is 0 Å². The third-order valence-corrected chi connectivity index (χ3v) is 7.81. The van der Waals surface area contributed by atoms with Crippen LogP contribution in [0.15, 0.2) is 66.7 Å². The number of hydrogen-bond acceptors (Lipinski definition) is 5. The molecule has 0 radical (unpaired) electrons. The SMILES string of the molecule is CCc1ccc(C(C(=O)Nc2ccc3ccccc3c2)N(C(=O)C(CCSC)NC(=O)OC(C)(C)C)C(C)CC)cc1. The zero-order chi connectivity index (χ0) is 30.9. The summed E-state index contributed by atoms with van der Waals surface area (Å²) in [6.45, 7) is 11.3. The number of thioether (sulfide) groups is 1. The normalized spacial score (nSPS) is 13.6. The molecule has 0 spiro atoms. The number of ether oxygens (including phenoxy) is 1. The summed E-state index contributed by atoms with van der Waals surface area (Å²) in [5.74, 6) is 0.0197. The van der Waals surface area contributed by atoms with Gasteiger partial charge in [0.25, 0.3) is 5.91 Å². The van der Waals surface area contributed by atoms with Gasteiger partial charge in [-0.25, -0.2) is 4.79 Å². The first-order valence-electron chi connectivity index (χ1n) is 14.7. The van der Waals surface area contributed by atoms with Crippen LogP contribution in [0.2, 0.25) is 0 Å². The molecule has 3 atom stereocenters. The van der Waals surface area contributed by atoms with E-state index in [0.717, 1.165) is 22.8 Å². The van der Waals surface area contributed by atoms with Gasteiger partial charge in [-0.15, -0.1) is 0 Å². The molecule has 0 aliphatic carbocycles. The molecule has 3 aromatic rings. The minimum Gasteiger partial charge on any atom is -0.444 e. The average molecular weight is 592 g/mol. The van der Waals surface area contributed by atoms with Gasteiger partial charge in [-0.05, 0) is 93.0 Å². The molecule has 8 heteroatoms. The maximum atomic E-state index is 14.4. The van der Waals surface area contributed by atoms with Crippen molar-refractivity contribution < 1.29 is 19.1 Å². The zero-order valence-electron chi connectivity index (χ0n) is 25.9. The number of fused-ring (bicyclic) bond motifs is 1. The molecule has 7 nitrogen and oxygen atoms in total. The van der Waals surface area contributed by atoms with E-state index in [-0.39, 0.29) is 17.9 Å². The maximum absolute atomic E-state index is 14.4. The number of carbonyl (C=O) groups excluding carboxylic acids is 3. The molecule has 3 aromatic carbocycles. The molecule has 0 aliphatic rings. The van der Waals surface area contributed by atoms with Crippen LogP contribution in [0.5, 0.6) is 0 Å². The summed E-state index contributed by atoms with van der Waals surface area (Å²) < 4.78 is 5.49. The minimum absolute atomic E-state index is 0.284. The van der Waals surface area contributed by atoms with E-state index in [1.807, 2.05) is 86.8 Å². The predicted octanol–water partition coefficient (Wildman–Crippen LogP) is 7.36. The van der Waals surface area contributed by atoms with Crippen molar-refractivity contribution in [1.29, 1.82) is 0 Å². The van der Waals surface area contributed by atoms with E-state index in [1.165, 1.54) is 0 Å². The van der Waals surface area contributed by atoms with Gasteiger partial charge < -0.3 is 20.3 Å². The van der Waals surface area contributed by atoms with Gasteiger partial charge in [-0.3, -0.25) is 9.59 Å². The van der Waals surface area contributed by atoms with Gasteiger partial charge in [-0.1, -0.05) is 68.4 Å². The summed E-state index contributed by atoms with van der Waals surface area (Å²) in [6, 6.07) is 19.5. The Morgan fingerprint density at radius 3 is 2.21 bits per heavy atom. The number of nitrogens with zero attached hydrogens (tertiary/aromatic N) is 1. The number of alkyl carbamates (subject to hydrolysis) is 1. The van der Waals surface area contributed by atoms with Crippen LogP contribution in [-0.2, 0) is 20.7 Å². The van der Waals surface area contributed by atoms with Crippen molar-refractivity contribution in [2.24, 2.45) is 0 Å². The van der Waals surface area contributed by atoms with E-state index < -0.39 is 23.8 Å². The van der Waals surface area contributed by atoms with Crippen LogP contribution >= 0.6 is 11.8 Å². The van der Waals surface area contributed by atoms with Crippen LogP contribution < -0.4 is 10.6 Å². The van der Waals surface area contributed by atoms with Crippen molar-refractivity contribution >= 4 is 46.1 Å². The molecule has 42 heavy (non-hydrogen) atoms. The maximum Gasteiger partial charge on any atom is 0.408 e. The number of aryl methyl sites for hydroxylation is 1. The highest BCUT2D eigenvalue weighted by molar-refractivity contribution is 7.98. The van der Waals surface area contributed by atoms with Crippen LogP contribution in [-0.4, -0.2) is 52.5 Å². The van der Waals surface area contributed by atoms with E-state index >= 15 is 0 Å². The number of rotatable bonds is 12. The second-order valence-corrected chi connectivity index (χ2v) is 12.5. The fourth-order valence-electron chi connectivity index (χ4n) is 4.77. The predicted molar refractivity (Wildman–Crippen MR) is 174 cm³/mol. The molecule has 0 aromatic heterocycles. The summed E-state index contributed by atoms with van der Waals surface area (Å²) in [7, 11) is 0. The molecular formula is C34H45N3O4S. The van der Waals surface area contributed by atoms with Crippen molar-refractivity contribution in [1.82, 2.24) is 10.2 Å². The van der Waals surface area contributed by atoms with Crippen molar-refractivity contribution in [2.45, 2.75) is 84.5 Å². The van der Waals surface area contributed by atoms with Gasteiger partial charge >= 0.3 is 6.09 Å². The molecule has 0 heterocycles. The van der Waals surface area contributed by atoms with Crippen molar-refractivity contribution in [2.75, 3.05) is 17.3 Å². The highest BCUT2D eigenvalue weighted by Crippen LogP contribution is 2.29. The van der Waals surface area contributed by atoms with Gasteiger partial charge in [0.2, 0.25) is 5.91 Å². The quantitative estimate of drug-likeness (QED) is 0.230. The van der Waals surface area contributed by atoms with Crippen LogP contribution in [0.25, 0.3) is 10.8 Å². The molecule has 3 rings (SSSR count). The Balaban J connectivity index is 2.04. The first-order chi connectivity index (χ1) is 20.0. The fourth-order valence-corrected chi connectivity index (χ4v) is 5.24. The highest BCUT2D eigenvalue weighted by atomic mass is 32.2. The van der Waals surface area contributed by atoms with Gasteiger partial charge in [0, 0.05) is 11.7 Å². The molecule has 0 saturated heterocycles. The van der Waals surface area contributed by atoms with Gasteiger partial charge in [0.05, 0.1) is 0 Å². The smallest absolute Gasteiger partial charge is 0.408 e. The fraction of sp³-hybridized carbons (Fsp3) is 0.441. The summed E-state index contributed by atoms with van der Waals surface area (Å²) in [5.41, 5.74) is 1.78. The van der Waals surface area contributed by atoms with Gasteiger partial charge in [-0.2, -0.15) is 11.8 Å². The zero-order valence-corrected chi connectivity index (χ0v) is 26.7. The highest BCUT2D eigenvalue weighted by Gasteiger charge is 2.38. The number of carbonyl (C=O) groups is 3. The van der Waals surface area contributed by atoms with Crippen molar-refractivity contribution in [3.05, 3.63) is 77.9 Å². The van der Waals surface area contributed by atoms with E-state index in [9.17, 15) is 14.4 Å². The molecule has 3 unspecified atom stereocenters. The molecule has 0 saturated carbocycles. The Kier molecular flexibility index (Phi) is 11.9. The Morgan fingerprint density at radius 1 is 0.952 bits per heavy atom. The lowest BCUT2D eigenvalue weighted by atomic mass is 9.98. The lowest BCUT2D eigenvalue weighted by Gasteiger charge is -2.38. The monoisotopic (exact) mass is 591 g/mol. The van der Waals surface area contributed by atoms with E-state index in [2.05, 4.69) is 17.6 Å². The molecule has 226 valence electrons. The summed E-state index contributed by atoms with van der Waals surface area (Å²) >= 11 is 1.59. The number of anilines is 1. The Bertz CT molecular complexity index is 1350. The average Bonchev–Trinajstić information content (AvgIpc) is 2.96. The second-order valence-electron chi connectivity index (χ2n) is 11.5. The van der Waals surface area contributed by atoms with Crippen LogP contribution in [0.4, 0.5) is 10.5 Å². The summed E-state index contributed by atoms with van der Waals surface area (Å²) in [4.78, 5) is 43.0. The topological polar surface area (TPSA) is 87.7 Å². The standard InChI is InChI=1S/C34H45N3O4S/c1-8-23(3)37(32(39)29(20-21-42-7)36-33(40)41-34(4,5)6)30(26-16-14-24(9-2)15-17-26)31(38)35-28-19-18-25-12-10-11-13-27(25)22-28/h10-19,22-23,29-30H,8-9,20-21H2,1-7H3,(H,35,38)(H,36,40). The molecule has 0 fully saturated rings. The second kappa shape index (κ2) is 15.1. The first-order valence-corrected chi connectivity index (χ1v) is 16.1. The van der Waals surface area contributed by atoms with Crippen molar-refractivity contribution in [3.63, 3.8) is 0 Å². The number of hydrogen-bond donors (Lipinski definition) is 2. The third kappa shape index (κ3) is 8.99. The van der Waals surface area contributed by atoms with Crippen LogP contribution in [0, 0.1) is 0 Å². The minimum atomic E-state index is -0.915. The summed E-state index contributed by atoms with van der Waals surface area (Å²) in [6.07, 6.45) is 3.19. The number of benzene rings is 3. The molecular weight excluding hydrogens is 546 g/mol.